The van der Waals surface area contributed by atoms with Gasteiger partial charge in [-0.1, -0.05) is 49.7 Å². The third-order valence-corrected chi connectivity index (χ3v) is 6.60. The summed E-state index contributed by atoms with van der Waals surface area (Å²) in [6.07, 6.45) is 1.12. The molecule has 0 atom stereocenters. The van der Waals surface area contributed by atoms with Gasteiger partial charge in [-0.2, -0.15) is 5.10 Å². The lowest BCUT2D eigenvalue weighted by Gasteiger charge is -2.13. The van der Waals surface area contributed by atoms with Gasteiger partial charge in [-0.05, 0) is 35.7 Å². The van der Waals surface area contributed by atoms with Gasteiger partial charge >= 0.3 is 5.97 Å². The molecule has 0 aliphatic rings. The molecule has 9 nitrogen and oxygen atoms in total. The van der Waals surface area contributed by atoms with E-state index in [2.05, 4.69) is 15.3 Å². The van der Waals surface area contributed by atoms with Crippen LogP contribution in [0.15, 0.2) is 57.8 Å². The van der Waals surface area contributed by atoms with Crippen LogP contribution in [0.1, 0.15) is 35.8 Å². The van der Waals surface area contributed by atoms with Gasteiger partial charge in [0.15, 0.2) is 21.2 Å². The number of methoxy groups -OCH3 is 1. The molecule has 2 aromatic heterocycles. The number of carbonyl (C=O) groups is 1. The number of esters is 1. The Hall–Kier alpha value is -3.50. The molecule has 0 amide bonds. The van der Waals surface area contributed by atoms with Crippen LogP contribution in [-0.4, -0.2) is 47.7 Å². The Labute approximate surface area is 201 Å². The third-order valence-electron chi connectivity index (χ3n) is 5.13. The van der Waals surface area contributed by atoms with E-state index in [1.165, 1.54) is 23.9 Å². The van der Waals surface area contributed by atoms with E-state index in [0.29, 0.717) is 11.3 Å². The van der Waals surface area contributed by atoms with E-state index in [-0.39, 0.29) is 39.0 Å². The van der Waals surface area contributed by atoms with Crippen LogP contribution in [0, 0.1) is 0 Å². The molecule has 0 radical (unpaired) electrons. The molecular weight excluding hydrogens is 480 g/mol. The maximum atomic E-state index is 12.3. The Morgan fingerprint density at radius 2 is 1.79 bits per heavy atom. The maximum Gasteiger partial charge on any atom is 0.360 e. The number of para-hydroxylation sites is 1. The van der Waals surface area contributed by atoms with Crippen molar-refractivity contribution < 1.29 is 22.4 Å². The van der Waals surface area contributed by atoms with Crippen molar-refractivity contribution in [2.24, 2.45) is 0 Å². The minimum atomic E-state index is -3.43. The number of hydrogen-bond donors (Lipinski definition) is 0. The second-order valence-corrected chi connectivity index (χ2v) is 10.2. The lowest BCUT2D eigenvalue weighted by atomic mass is 10.0. The molecule has 0 aliphatic carbocycles. The Bertz CT molecular complexity index is 1490. The summed E-state index contributed by atoms with van der Waals surface area (Å²) in [5.41, 5.74) is 2.17. The van der Waals surface area contributed by atoms with E-state index >= 15 is 0 Å². The second-order valence-electron chi connectivity index (χ2n) is 7.84. The predicted molar refractivity (Wildman–Crippen MR) is 126 cm³/mol. The lowest BCUT2D eigenvalue weighted by molar-refractivity contribution is 0.0593. The normalized spacial score (nSPS) is 11.7. The Morgan fingerprint density at radius 1 is 1.09 bits per heavy atom. The van der Waals surface area contributed by atoms with Gasteiger partial charge < -0.3 is 9.15 Å². The number of benzene rings is 2. The van der Waals surface area contributed by atoms with Gasteiger partial charge in [0.2, 0.25) is 5.89 Å². The quantitative estimate of drug-likeness (QED) is 0.354. The molecule has 0 saturated heterocycles. The monoisotopic (exact) mass is 500 g/mol. The van der Waals surface area contributed by atoms with Crippen LogP contribution in [-0.2, 0) is 14.6 Å². The molecule has 2 heterocycles. The predicted octanol–water partition coefficient (Wildman–Crippen LogP) is 4.56. The highest BCUT2D eigenvalue weighted by Gasteiger charge is 2.29. The summed E-state index contributed by atoms with van der Waals surface area (Å²) in [6.45, 7) is 4.06. The van der Waals surface area contributed by atoms with E-state index in [1.54, 1.807) is 12.1 Å². The molecule has 0 spiro atoms. The zero-order valence-corrected chi connectivity index (χ0v) is 20.4. The fourth-order valence-electron chi connectivity index (χ4n) is 3.45. The molecule has 0 N–H and O–H groups in total. The van der Waals surface area contributed by atoms with E-state index in [9.17, 15) is 13.2 Å². The maximum absolute atomic E-state index is 12.3. The summed E-state index contributed by atoms with van der Waals surface area (Å²) in [4.78, 5) is 12.5. The molecule has 11 heteroatoms. The summed E-state index contributed by atoms with van der Waals surface area (Å²) >= 11 is 6.57. The van der Waals surface area contributed by atoms with Gasteiger partial charge in [-0.3, -0.25) is 0 Å². The average Bonchev–Trinajstić information content (AvgIpc) is 3.42. The summed E-state index contributed by atoms with van der Waals surface area (Å²) in [5, 5.41) is 12.6. The van der Waals surface area contributed by atoms with Crippen LogP contribution in [0.3, 0.4) is 0 Å². The number of carbonyl (C=O) groups excluding carboxylic acids is 1. The van der Waals surface area contributed by atoms with Crippen LogP contribution in [0.5, 0.6) is 0 Å². The molecule has 0 unspecified atom stereocenters. The lowest BCUT2D eigenvalue weighted by Crippen LogP contribution is -2.07. The first-order valence-electron chi connectivity index (χ1n) is 10.2. The fourth-order valence-corrected chi connectivity index (χ4v) is 4.39. The summed E-state index contributed by atoms with van der Waals surface area (Å²) in [5.74, 6) is -0.481. The first kappa shape index (κ1) is 23.7. The van der Waals surface area contributed by atoms with Gasteiger partial charge in [-0.25, -0.2) is 17.9 Å². The van der Waals surface area contributed by atoms with Crippen molar-refractivity contribution in [3.05, 3.63) is 64.8 Å². The number of ether oxygens (including phenoxy) is 1. The van der Waals surface area contributed by atoms with Gasteiger partial charge in [-0.15, -0.1) is 10.2 Å². The Morgan fingerprint density at radius 3 is 2.47 bits per heavy atom. The fraction of sp³-hybridized carbons (Fsp3) is 0.217. The topological polar surface area (TPSA) is 117 Å². The van der Waals surface area contributed by atoms with Crippen molar-refractivity contribution in [2.45, 2.75) is 24.7 Å². The SMILES string of the molecule is COC(=O)c1nn(-c2ccccc2C(C)C)c(-c2nnc(-c3cccc(S(C)(=O)=O)c3)o2)c1Cl. The number of sulfone groups is 1. The van der Waals surface area contributed by atoms with Crippen LogP contribution >= 0.6 is 11.6 Å². The van der Waals surface area contributed by atoms with E-state index < -0.39 is 15.8 Å². The van der Waals surface area contributed by atoms with Gasteiger partial charge in [0, 0.05) is 11.8 Å². The van der Waals surface area contributed by atoms with Crippen molar-refractivity contribution in [3.8, 4) is 28.7 Å². The molecule has 4 rings (SSSR count). The molecule has 176 valence electrons. The molecule has 0 saturated carbocycles. The zero-order chi connectivity index (χ0) is 24.6. The number of halogens is 1. The second kappa shape index (κ2) is 9.03. The highest BCUT2D eigenvalue weighted by molar-refractivity contribution is 7.90. The van der Waals surface area contributed by atoms with E-state index in [4.69, 9.17) is 20.8 Å². The van der Waals surface area contributed by atoms with Crippen molar-refractivity contribution >= 4 is 27.4 Å². The highest BCUT2D eigenvalue weighted by atomic mass is 35.5. The van der Waals surface area contributed by atoms with Crippen molar-refractivity contribution in [1.29, 1.82) is 0 Å². The van der Waals surface area contributed by atoms with Gasteiger partial charge in [0.1, 0.15) is 5.02 Å². The van der Waals surface area contributed by atoms with Crippen molar-refractivity contribution in [3.63, 3.8) is 0 Å². The number of aromatic nitrogens is 4. The largest absolute Gasteiger partial charge is 0.464 e. The van der Waals surface area contributed by atoms with Gasteiger partial charge in [0.05, 0.1) is 17.7 Å². The average molecular weight is 501 g/mol. The summed E-state index contributed by atoms with van der Waals surface area (Å²) in [6, 6.07) is 13.7. The van der Waals surface area contributed by atoms with Crippen LogP contribution in [0.2, 0.25) is 5.02 Å². The molecule has 4 aromatic rings. The van der Waals surface area contributed by atoms with E-state index in [1.807, 2.05) is 38.1 Å². The minimum Gasteiger partial charge on any atom is -0.464 e. The van der Waals surface area contributed by atoms with Crippen molar-refractivity contribution in [2.75, 3.05) is 13.4 Å². The van der Waals surface area contributed by atoms with Gasteiger partial charge in [0.25, 0.3) is 5.89 Å². The molecular formula is C23H21ClN4O5S. The zero-order valence-electron chi connectivity index (χ0n) is 18.8. The molecule has 2 aromatic carbocycles. The molecule has 34 heavy (non-hydrogen) atoms. The number of hydrogen-bond acceptors (Lipinski definition) is 8. The van der Waals surface area contributed by atoms with Crippen LogP contribution in [0.25, 0.3) is 28.7 Å². The highest BCUT2D eigenvalue weighted by Crippen LogP contribution is 2.36. The standard InChI is InChI=1S/C23H21ClN4O5S/c1-13(2)16-10-5-6-11-17(16)28-20(18(24)19(27-28)23(29)32-3)22-26-25-21(33-22)14-8-7-9-15(12-14)34(4,30)31/h5-13H,1-4H3. The van der Waals surface area contributed by atoms with Crippen LogP contribution in [0.4, 0.5) is 0 Å². The minimum absolute atomic E-state index is 0.00553. The summed E-state index contributed by atoms with van der Waals surface area (Å²) < 4.78 is 36.1. The molecule has 0 bridgehead atoms. The van der Waals surface area contributed by atoms with Crippen LogP contribution < -0.4 is 0 Å². The molecule has 0 aliphatic heterocycles. The van der Waals surface area contributed by atoms with Crippen molar-refractivity contribution in [1.82, 2.24) is 20.0 Å². The molecule has 0 fully saturated rings. The number of nitrogens with zero attached hydrogens (tertiary/aromatic N) is 4. The smallest absolute Gasteiger partial charge is 0.360 e. The third kappa shape index (κ3) is 4.34. The Balaban J connectivity index is 1.91. The first-order chi connectivity index (χ1) is 16.1. The van der Waals surface area contributed by atoms with E-state index in [0.717, 1.165) is 11.8 Å². The first-order valence-corrected chi connectivity index (χ1v) is 12.5. The summed E-state index contributed by atoms with van der Waals surface area (Å²) in [7, 11) is -2.19. The Kier molecular flexibility index (Phi) is 6.28. The number of rotatable bonds is 6.